The first-order chi connectivity index (χ1) is 10.0. The van der Waals surface area contributed by atoms with Gasteiger partial charge in [0, 0.05) is 19.1 Å². The molecular formula is C16H23FN2O2. The van der Waals surface area contributed by atoms with Crippen LogP contribution in [0.2, 0.25) is 0 Å². The monoisotopic (exact) mass is 294 g/mol. The van der Waals surface area contributed by atoms with Gasteiger partial charge >= 0.3 is 5.97 Å². The van der Waals surface area contributed by atoms with E-state index in [0.29, 0.717) is 12.6 Å². The van der Waals surface area contributed by atoms with Crippen molar-refractivity contribution in [3.8, 4) is 0 Å². The van der Waals surface area contributed by atoms with Gasteiger partial charge in [-0.25, -0.2) is 9.18 Å². The van der Waals surface area contributed by atoms with Gasteiger partial charge in [0.25, 0.3) is 0 Å². The van der Waals surface area contributed by atoms with E-state index in [2.05, 4.69) is 21.6 Å². The highest BCUT2D eigenvalue weighted by molar-refractivity contribution is 5.89. The molecule has 0 aliphatic carbocycles. The van der Waals surface area contributed by atoms with Crippen LogP contribution in [0, 0.1) is 5.82 Å². The highest BCUT2D eigenvalue weighted by atomic mass is 19.1. The number of methoxy groups -OCH3 is 1. The standard InChI is InChI=1S/C16H23FN2O2/c1-18(11-13-5-4-8-19(13)2)10-12-6-7-14(15(17)9-12)16(20)21-3/h6-7,9,13H,4-5,8,10-11H2,1-3H3. The molecule has 1 aliphatic rings. The molecule has 0 saturated carbocycles. The van der Waals surface area contributed by atoms with E-state index in [0.717, 1.165) is 18.7 Å². The Balaban J connectivity index is 1.96. The second-order valence-corrected chi connectivity index (χ2v) is 5.78. The van der Waals surface area contributed by atoms with Crippen LogP contribution in [0.3, 0.4) is 0 Å². The van der Waals surface area contributed by atoms with Crippen LogP contribution >= 0.6 is 0 Å². The molecule has 1 saturated heterocycles. The number of carbonyl (C=O) groups is 1. The Morgan fingerprint density at radius 3 is 2.86 bits per heavy atom. The predicted molar refractivity (Wildman–Crippen MR) is 79.7 cm³/mol. The third-order valence-corrected chi connectivity index (χ3v) is 4.09. The first kappa shape index (κ1) is 15.9. The fraction of sp³-hybridized carbons (Fsp3) is 0.562. The average molecular weight is 294 g/mol. The van der Waals surface area contributed by atoms with Crippen LogP contribution in [0.25, 0.3) is 0 Å². The van der Waals surface area contributed by atoms with Gasteiger partial charge in [-0.15, -0.1) is 0 Å². The Hall–Kier alpha value is -1.46. The van der Waals surface area contributed by atoms with Crippen LogP contribution in [0.5, 0.6) is 0 Å². The van der Waals surface area contributed by atoms with E-state index < -0.39 is 11.8 Å². The quantitative estimate of drug-likeness (QED) is 0.779. The highest BCUT2D eigenvalue weighted by Gasteiger charge is 2.22. The molecule has 0 spiro atoms. The second-order valence-electron chi connectivity index (χ2n) is 5.78. The van der Waals surface area contributed by atoms with Crippen LogP contribution in [-0.2, 0) is 11.3 Å². The molecule has 1 aliphatic heterocycles. The lowest BCUT2D eigenvalue weighted by molar-refractivity contribution is 0.0595. The minimum Gasteiger partial charge on any atom is -0.465 e. The summed E-state index contributed by atoms with van der Waals surface area (Å²) in [4.78, 5) is 15.9. The zero-order valence-corrected chi connectivity index (χ0v) is 12.9. The molecular weight excluding hydrogens is 271 g/mol. The minimum atomic E-state index is -0.639. The van der Waals surface area contributed by atoms with Gasteiger partial charge in [-0.1, -0.05) is 6.07 Å². The van der Waals surface area contributed by atoms with Crippen molar-refractivity contribution >= 4 is 5.97 Å². The summed E-state index contributed by atoms with van der Waals surface area (Å²) in [6.45, 7) is 2.79. The number of rotatable bonds is 5. The van der Waals surface area contributed by atoms with Crippen molar-refractivity contribution in [2.75, 3.05) is 34.3 Å². The van der Waals surface area contributed by atoms with Gasteiger partial charge in [-0.3, -0.25) is 0 Å². The Labute approximate surface area is 125 Å². The maximum atomic E-state index is 13.9. The number of benzene rings is 1. The lowest BCUT2D eigenvalue weighted by Gasteiger charge is -2.25. The van der Waals surface area contributed by atoms with Gasteiger partial charge < -0.3 is 14.5 Å². The van der Waals surface area contributed by atoms with Crippen LogP contribution in [-0.4, -0.2) is 56.1 Å². The van der Waals surface area contributed by atoms with E-state index in [1.54, 1.807) is 6.07 Å². The molecule has 1 aromatic carbocycles. The van der Waals surface area contributed by atoms with E-state index in [1.807, 2.05) is 7.05 Å². The van der Waals surface area contributed by atoms with Crippen molar-refractivity contribution in [1.82, 2.24) is 9.80 Å². The smallest absolute Gasteiger partial charge is 0.340 e. The van der Waals surface area contributed by atoms with E-state index in [4.69, 9.17) is 0 Å². The van der Waals surface area contributed by atoms with Crippen molar-refractivity contribution < 1.29 is 13.9 Å². The number of hydrogen-bond donors (Lipinski definition) is 0. The molecule has 1 atom stereocenters. The number of halogens is 1. The molecule has 0 radical (unpaired) electrons. The summed E-state index contributed by atoms with van der Waals surface area (Å²) in [6.07, 6.45) is 2.47. The van der Waals surface area contributed by atoms with E-state index >= 15 is 0 Å². The molecule has 21 heavy (non-hydrogen) atoms. The SMILES string of the molecule is COC(=O)c1ccc(CN(C)CC2CCCN2C)cc1F. The number of ether oxygens (including phenoxy) is 1. The fourth-order valence-electron chi connectivity index (χ4n) is 2.88. The van der Waals surface area contributed by atoms with Crippen LogP contribution < -0.4 is 0 Å². The minimum absolute atomic E-state index is 0.0144. The largest absolute Gasteiger partial charge is 0.465 e. The molecule has 5 heteroatoms. The Bertz CT molecular complexity index is 507. The molecule has 0 bridgehead atoms. The van der Waals surface area contributed by atoms with Crippen molar-refractivity contribution in [2.24, 2.45) is 0 Å². The Morgan fingerprint density at radius 2 is 2.29 bits per heavy atom. The predicted octanol–water partition coefficient (Wildman–Crippen LogP) is 2.14. The van der Waals surface area contributed by atoms with E-state index in [-0.39, 0.29) is 5.56 Å². The lowest BCUT2D eigenvalue weighted by Crippen LogP contribution is -2.36. The lowest BCUT2D eigenvalue weighted by atomic mass is 10.1. The topological polar surface area (TPSA) is 32.8 Å². The molecule has 1 unspecified atom stereocenters. The van der Waals surface area contributed by atoms with Crippen molar-refractivity contribution in [1.29, 1.82) is 0 Å². The molecule has 116 valence electrons. The zero-order chi connectivity index (χ0) is 15.4. The third kappa shape index (κ3) is 4.02. The molecule has 2 rings (SSSR count). The van der Waals surface area contributed by atoms with Crippen molar-refractivity contribution in [2.45, 2.75) is 25.4 Å². The van der Waals surface area contributed by atoms with Gasteiger partial charge in [-0.05, 0) is 51.2 Å². The summed E-state index contributed by atoms with van der Waals surface area (Å²) in [5, 5.41) is 0. The summed E-state index contributed by atoms with van der Waals surface area (Å²) < 4.78 is 18.4. The highest BCUT2D eigenvalue weighted by Crippen LogP contribution is 2.17. The average Bonchev–Trinajstić information content (AvgIpc) is 2.83. The summed E-state index contributed by atoms with van der Waals surface area (Å²) in [5.74, 6) is -1.16. The maximum absolute atomic E-state index is 13.9. The van der Waals surface area contributed by atoms with E-state index in [9.17, 15) is 9.18 Å². The molecule has 1 fully saturated rings. The number of hydrogen-bond acceptors (Lipinski definition) is 4. The van der Waals surface area contributed by atoms with Crippen LogP contribution in [0.4, 0.5) is 4.39 Å². The van der Waals surface area contributed by atoms with Crippen molar-refractivity contribution in [3.05, 3.63) is 35.1 Å². The molecule has 1 aromatic rings. The number of nitrogens with zero attached hydrogens (tertiary/aromatic N) is 2. The Morgan fingerprint density at radius 1 is 1.52 bits per heavy atom. The summed E-state index contributed by atoms with van der Waals surface area (Å²) in [5.41, 5.74) is 0.850. The molecule has 4 nitrogen and oxygen atoms in total. The normalized spacial score (nSPS) is 19.2. The summed E-state index contributed by atoms with van der Waals surface area (Å²) in [7, 11) is 5.44. The van der Waals surface area contributed by atoms with Crippen LogP contribution in [0.15, 0.2) is 18.2 Å². The number of likely N-dealkylation sites (tertiary alicyclic amines) is 1. The maximum Gasteiger partial charge on any atom is 0.340 e. The first-order valence-electron chi connectivity index (χ1n) is 7.26. The number of carbonyl (C=O) groups excluding carboxylic acids is 1. The van der Waals surface area contributed by atoms with Crippen molar-refractivity contribution in [3.63, 3.8) is 0 Å². The summed E-state index contributed by atoms with van der Waals surface area (Å²) >= 11 is 0. The third-order valence-electron chi connectivity index (χ3n) is 4.09. The van der Waals surface area contributed by atoms with E-state index in [1.165, 1.54) is 32.1 Å². The van der Waals surface area contributed by atoms with Gasteiger partial charge in [0.05, 0.1) is 12.7 Å². The summed E-state index contributed by atoms with van der Waals surface area (Å²) in [6, 6.07) is 5.27. The first-order valence-corrected chi connectivity index (χ1v) is 7.26. The van der Waals surface area contributed by atoms with Gasteiger partial charge in [0.15, 0.2) is 0 Å². The molecule has 0 amide bonds. The molecule has 1 heterocycles. The Kier molecular flexibility index (Phi) is 5.31. The van der Waals surface area contributed by atoms with Crippen LogP contribution in [0.1, 0.15) is 28.8 Å². The number of likely N-dealkylation sites (N-methyl/N-ethyl adjacent to an activating group) is 2. The molecule has 0 N–H and O–H groups in total. The number of esters is 1. The van der Waals surface area contributed by atoms with Gasteiger partial charge in [0.2, 0.25) is 0 Å². The second kappa shape index (κ2) is 7.00. The fourth-order valence-corrected chi connectivity index (χ4v) is 2.88. The van der Waals surface area contributed by atoms with Gasteiger partial charge in [-0.2, -0.15) is 0 Å². The van der Waals surface area contributed by atoms with Gasteiger partial charge in [0.1, 0.15) is 5.82 Å². The molecule has 0 aromatic heterocycles. The zero-order valence-electron chi connectivity index (χ0n) is 12.9.